The number of piperidine rings is 1. The Morgan fingerprint density at radius 1 is 1.14 bits per heavy atom. The molecule has 2 bridgehead atoms. The molecule has 0 unspecified atom stereocenters. The molecule has 1 saturated carbocycles. The third-order valence-electron chi connectivity index (χ3n) is 6.32. The van der Waals surface area contributed by atoms with E-state index in [2.05, 4.69) is 22.0 Å². The number of benzene rings is 1. The first kappa shape index (κ1) is 19.2. The Morgan fingerprint density at radius 2 is 1.93 bits per heavy atom. The van der Waals surface area contributed by atoms with Gasteiger partial charge in [-0.25, -0.2) is 0 Å². The number of aliphatic hydroxyl groups is 1. The Balaban J connectivity index is 1.53. The second kappa shape index (κ2) is 8.10. The number of hydrogen-bond acceptors (Lipinski definition) is 5. The highest BCUT2D eigenvalue weighted by Crippen LogP contribution is 2.48. The van der Waals surface area contributed by atoms with E-state index in [-0.39, 0.29) is 11.8 Å². The number of fused-ring (bicyclic) bond motifs is 2. The molecule has 0 amide bonds. The second-order valence-electron chi connectivity index (χ2n) is 7.98. The van der Waals surface area contributed by atoms with Gasteiger partial charge in [0.25, 0.3) is 0 Å². The Labute approximate surface area is 167 Å². The third-order valence-corrected chi connectivity index (χ3v) is 6.32. The molecule has 5 nitrogen and oxygen atoms in total. The van der Waals surface area contributed by atoms with Gasteiger partial charge in [-0.1, -0.05) is 18.6 Å². The van der Waals surface area contributed by atoms with Crippen LogP contribution in [0.5, 0.6) is 11.5 Å². The van der Waals surface area contributed by atoms with Crippen LogP contribution in [0.2, 0.25) is 0 Å². The van der Waals surface area contributed by atoms with E-state index in [1.807, 2.05) is 31.2 Å². The summed E-state index contributed by atoms with van der Waals surface area (Å²) in [5.41, 5.74) is 1.25. The van der Waals surface area contributed by atoms with E-state index in [1.54, 1.807) is 13.3 Å². The standard InChI is InChI=1S/C23H30N2O3/c1-3-28-21-13-17(10-11-20(21)27-2)14-25-15-18-7-6-8-19(16-25)23(18,26)22-9-4-5-12-24-22/h4-5,9-13,18-19,26H,3,6-8,14-16H2,1-2H3/t18-,19-/m1/s1. The van der Waals surface area contributed by atoms with Crippen molar-refractivity contribution in [2.24, 2.45) is 11.8 Å². The van der Waals surface area contributed by atoms with Crippen molar-refractivity contribution in [2.75, 3.05) is 26.8 Å². The molecule has 1 aromatic heterocycles. The zero-order valence-electron chi connectivity index (χ0n) is 16.8. The van der Waals surface area contributed by atoms with E-state index in [1.165, 1.54) is 12.0 Å². The molecular weight excluding hydrogens is 352 g/mol. The third kappa shape index (κ3) is 3.49. The molecule has 1 N–H and O–H groups in total. The van der Waals surface area contributed by atoms with Crippen molar-refractivity contribution in [3.8, 4) is 11.5 Å². The van der Waals surface area contributed by atoms with Crippen molar-refractivity contribution in [1.82, 2.24) is 9.88 Å². The van der Waals surface area contributed by atoms with Crippen LogP contribution in [-0.2, 0) is 12.1 Å². The van der Waals surface area contributed by atoms with Crippen molar-refractivity contribution in [1.29, 1.82) is 0 Å². The highest BCUT2D eigenvalue weighted by Gasteiger charge is 2.52. The minimum Gasteiger partial charge on any atom is -0.493 e. The summed E-state index contributed by atoms with van der Waals surface area (Å²) >= 11 is 0. The fourth-order valence-electron chi connectivity index (χ4n) is 5.04. The SMILES string of the molecule is CCOc1cc(CN2C[C@H]3CCC[C@H](C2)C3(O)c2ccccn2)ccc1OC. The summed E-state index contributed by atoms with van der Waals surface area (Å²) in [6.45, 7) is 5.23. The summed E-state index contributed by atoms with van der Waals surface area (Å²) in [4.78, 5) is 6.99. The highest BCUT2D eigenvalue weighted by molar-refractivity contribution is 5.43. The van der Waals surface area contributed by atoms with E-state index < -0.39 is 5.60 Å². The van der Waals surface area contributed by atoms with Gasteiger partial charge in [0, 0.05) is 37.7 Å². The van der Waals surface area contributed by atoms with E-state index in [0.29, 0.717) is 6.61 Å². The molecule has 1 saturated heterocycles. The molecule has 0 spiro atoms. The number of methoxy groups -OCH3 is 1. The summed E-state index contributed by atoms with van der Waals surface area (Å²) in [6.07, 6.45) is 5.08. The topological polar surface area (TPSA) is 54.8 Å². The van der Waals surface area contributed by atoms with Crippen LogP contribution in [0, 0.1) is 11.8 Å². The van der Waals surface area contributed by atoms with Crippen molar-refractivity contribution in [2.45, 2.75) is 38.3 Å². The maximum absolute atomic E-state index is 11.7. The fourth-order valence-corrected chi connectivity index (χ4v) is 5.04. The van der Waals surface area contributed by atoms with Gasteiger partial charge in [-0.05, 0) is 49.6 Å². The van der Waals surface area contributed by atoms with Gasteiger partial charge in [-0.3, -0.25) is 9.88 Å². The largest absolute Gasteiger partial charge is 0.493 e. The number of nitrogens with zero attached hydrogens (tertiary/aromatic N) is 2. The normalized spacial score (nSPS) is 27.4. The predicted octanol–water partition coefficient (Wildman–Crippen LogP) is 3.61. The van der Waals surface area contributed by atoms with Gasteiger partial charge in [0.2, 0.25) is 0 Å². The fraction of sp³-hybridized carbons (Fsp3) is 0.522. The summed E-state index contributed by atoms with van der Waals surface area (Å²) in [6, 6.07) is 12.1. The predicted molar refractivity (Wildman–Crippen MR) is 108 cm³/mol. The summed E-state index contributed by atoms with van der Waals surface area (Å²) in [5, 5.41) is 11.7. The monoisotopic (exact) mass is 382 g/mol. The number of likely N-dealkylation sites (tertiary alicyclic amines) is 1. The zero-order valence-corrected chi connectivity index (χ0v) is 16.8. The van der Waals surface area contributed by atoms with E-state index in [9.17, 15) is 5.11 Å². The lowest BCUT2D eigenvalue weighted by Gasteiger charge is -2.52. The van der Waals surface area contributed by atoms with Gasteiger partial charge in [-0.15, -0.1) is 0 Å². The lowest BCUT2D eigenvalue weighted by Crippen LogP contribution is -2.58. The average molecular weight is 383 g/mol. The minimum atomic E-state index is -0.799. The number of hydrogen-bond donors (Lipinski definition) is 1. The van der Waals surface area contributed by atoms with E-state index in [4.69, 9.17) is 9.47 Å². The molecule has 1 aliphatic carbocycles. The molecule has 2 fully saturated rings. The first-order valence-electron chi connectivity index (χ1n) is 10.3. The van der Waals surface area contributed by atoms with Crippen LogP contribution in [-0.4, -0.2) is 41.8 Å². The summed E-state index contributed by atoms with van der Waals surface area (Å²) < 4.78 is 11.1. The molecule has 4 rings (SSSR count). The van der Waals surface area contributed by atoms with Gasteiger partial charge >= 0.3 is 0 Å². The van der Waals surface area contributed by atoms with Crippen molar-refractivity contribution in [3.63, 3.8) is 0 Å². The zero-order chi connectivity index (χ0) is 19.6. The molecular formula is C23H30N2O3. The molecule has 2 aromatic rings. The molecule has 5 heteroatoms. The smallest absolute Gasteiger partial charge is 0.161 e. The molecule has 2 aliphatic rings. The van der Waals surface area contributed by atoms with Crippen molar-refractivity contribution >= 4 is 0 Å². The van der Waals surface area contributed by atoms with E-state index >= 15 is 0 Å². The molecule has 2 atom stereocenters. The van der Waals surface area contributed by atoms with Gasteiger partial charge in [-0.2, -0.15) is 0 Å². The van der Waals surface area contributed by atoms with Crippen LogP contribution in [0.25, 0.3) is 0 Å². The lowest BCUT2D eigenvalue weighted by molar-refractivity contribution is -0.151. The number of aromatic nitrogens is 1. The highest BCUT2D eigenvalue weighted by atomic mass is 16.5. The maximum atomic E-state index is 11.7. The van der Waals surface area contributed by atoms with Crippen molar-refractivity contribution in [3.05, 3.63) is 53.9 Å². The van der Waals surface area contributed by atoms with Crippen LogP contribution >= 0.6 is 0 Å². The molecule has 1 aromatic carbocycles. The van der Waals surface area contributed by atoms with Gasteiger partial charge < -0.3 is 14.6 Å². The lowest BCUT2D eigenvalue weighted by atomic mass is 9.64. The molecule has 0 radical (unpaired) electrons. The molecule has 28 heavy (non-hydrogen) atoms. The number of rotatable bonds is 6. The quantitative estimate of drug-likeness (QED) is 0.827. The Kier molecular flexibility index (Phi) is 5.56. The molecule has 150 valence electrons. The van der Waals surface area contributed by atoms with E-state index in [0.717, 1.165) is 49.7 Å². The van der Waals surface area contributed by atoms with Crippen LogP contribution in [0.1, 0.15) is 37.4 Å². The first-order chi connectivity index (χ1) is 13.6. The van der Waals surface area contributed by atoms with Crippen LogP contribution < -0.4 is 9.47 Å². The van der Waals surface area contributed by atoms with Crippen LogP contribution in [0.3, 0.4) is 0 Å². The number of ether oxygens (including phenoxy) is 2. The van der Waals surface area contributed by atoms with Crippen molar-refractivity contribution < 1.29 is 14.6 Å². The van der Waals surface area contributed by atoms with Crippen LogP contribution in [0.4, 0.5) is 0 Å². The van der Waals surface area contributed by atoms with Gasteiger partial charge in [0.15, 0.2) is 11.5 Å². The Bertz CT molecular complexity index is 782. The molecule has 2 heterocycles. The average Bonchev–Trinajstić information content (AvgIpc) is 2.70. The van der Waals surface area contributed by atoms with Crippen LogP contribution in [0.15, 0.2) is 42.6 Å². The number of pyridine rings is 1. The minimum absolute atomic E-state index is 0.222. The van der Waals surface area contributed by atoms with Gasteiger partial charge in [0.1, 0.15) is 5.60 Å². The second-order valence-corrected chi connectivity index (χ2v) is 7.98. The Morgan fingerprint density at radius 3 is 2.57 bits per heavy atom. The Hall–Kier alpha value is -2.11. The summed E-state index contributed by atoms with van der Waals surface area (Å²) in [5.74, 6) is 2.01. The maximum Gasteiger partial charge on any atom is 0.161 e. The van der Waals surface area contributed by atoms with Gasteiger partial charge in [0.05, 0.1) is 19.4 Å². The first-order valence-corrected chi connectivity index (χ1v) is 10.3. The summed E-state index contributed by atoms with van der Waals surface area (Å²) in [7, 11) is 1.67. The molecule has 1 aliphatic heterocycles.